The van der Waals surface area contributed by atoms with Crippen molar-refractivity contribution in [3.8, 4) is 5.75 Å². The van der Waals surface area contributed by atoms with Gasteiger partial charge in [-0.25, -0.2) is 4.39 Å². The molecule has 0 aliphatic carbocycles. The van der Waals surface area contributed by atoms with Gasteiger partial charge in [0.2, 0.25) is 0 Å². The summed E-state index contributed by atoms with van der Waals surface area (Å²) in [5.41, 5.74) is 8.00. The summed E-state index contributed by atoms with van der Waals surface area (Å²) in [6.45, 7) is 1.21. The molecule has 0 bridgehead atoms. The molecule has 154 valence electrons. The zero-order valence-corrected chi connectivity index (χ0v) is 17.1. The van der Waals surface area contributed by atoms with Crippen LogP contribution < -0.4 is 15.6 Å². The third kappa shape index (κ3) is 4.25. The first-order chi connectivity index (χ1) is 14.1. The van der Waals surface area contributed by atoms with Crippen LogP contribution in [-0.2, 0) is 0 Å². The molecule has 2 aliphatic heterocycles. The lowest BCUT2D eigenvalue weighted by Gasteiger charge is -2.34. The molecule has 2 aromatic carbocycles. The van der Waals surface area contributed by atoms with Crippen molar-refractivity contribution in [3.05, 3.63) is 64.4 Å². The lowest BCUT2D eigenvalue weighted by atomic mass is 9.86. The normalized spacial score (nSPS) is 22.7. The Hall–Kier alpha value is -2.15. The fraction of sp³-hybridized carbons (Fsp3) is 0.409. The number of hydrogen-bond donors (Lipinski definition) is 2. The molecule has 2 saturated heterocycles. The van der Waals surface area contributed by atoms with Crippen molar-refractivity contribution in [3.63, 3.8) is 0 Å². The van der Waals surface area contributed by atoms with E-state index >= 15 is 0 Å². The molecule has 7 heteroatoms. The van der Waals surface area contributed by atoms with E-state index in [1.165, 1.54) is 17.7 Å². The molecule has 0 saturated carbocycles. The van der Waals surface area contributed by atoms with Gasteiger partial charge in [-0.2, -0.15) is 0 Å². The van der Waals surface area contributed by atoms with E-state index in [0.717, 1.165) is 25.0 Å². The Morgan fingerprint density at radius 3 is 2.66 bits per heavy atom. The van der Waals surface area contributed by atoms with Crippen molar-refractivity contribution in [2.75, 3.05) is 20.2 Å². The van der Waals surface area contributed by atoms with Gasteiger partial charge in [0.25, 0.3) is 5.91 Å². The van der Waals surface area contributed by atoms with Crippen LogP contribution in [0.3, 0.4) is 0 Å². The summed E-state index contributed by atoms with van der Waals surface area (Å²) in [7, 11) is 1.67. The molecule has 2 N–H and O–H groups in total. The van der Waals surface area contributed by atoms with Crippen LogP contribution in [0.15, 0.2) is 42.5 Å². The highest BCUT2D eigenvalue weighted by molar-refractivity contribution is 6.33. The molecule has 2 aromatic rings. The van der Waals surface area contributed by atoms with Gasteiger partial charge in [-0.3, -0.25) is 15.6 Å². The van der Waals surface area contributed by atoms with Gasteiger partial charge in [-0.1, -0.05) is 29.8 Å². The number of rotatable bonds is 4. The Morgan fingerprint density at radius 2 is 1.93 bits per heavy atom. The number of halogens is 2. The Labute approximate surface area is 175 Å². The number of amides is 1. The van der Waals surface area contributed by atoms with E-state index in [0.29, 0.717) is 25.0 Å². The van der Waals surface area contributed by atoms with Gasteiger partial charge < -0.3 is 9.64 Å². The van der Waals surface area contributed by atoms with Gasteiger partial charge in [-0.05, 0) is 55.0 Å². The molecule has 0 radical (unpaired) electrons. The van der Waals surface area contributed by atoms with Crippen LogP contribution in [-0.4, -0.2) is 37.0 Å². The number of hydrazine groups is 1. The van der Waals surface area contributed by atoms with Crippen LogP contribution in [0.5, 0.6) is 5.75 Å². The number of ether oxygens (including phenoxy) is 1. The lowest BCUT2D eigenvalue weighted by molar-refractivity contribution is 0.0668. The number of nitrogens with one attached hydrogen (secondary N) is 2. The zero-order valence-electron chi connectivity index (χ0n) is 16.3. The van der Waals surface area contributed by atoms with Crippen molar-refractivity contribution in [1.29, 1.82) is 0 Å². The van der Waals surface area contributed by atoms with E-state index in [1.54, 1.807) is 18.1 Å². The fourth-order valence-electron chi connectivity index (χ4n) is 4.33. The quantitative estimate of drug-likeness (QED) is 0.791. The van der Waals surface area contributed by atoms with Gasteiger partial charge in [0.15, 0.2) is 0 Å². The zero-order chi connectivity index (χ0) is 20.4. The highest BCUT2D eigenvalue weighted by Gasteiger charge is 2.35. The molecule has 2 atom stereocenters. The summed E-state index contributed by atoms with van der Waals surface area (Å²) in [5, 5.41) is 0.167. The van der Waals surface area contributed by atoms with E-state index < -0.39 is 5.82 Å². The van der Waals surface area contributed by atoms with Gasteiger partial charge in [0.1, 0.15) is 11.6 Å². The standard InChI is InChI=1S/C22H25ClFN3O2/c1-29-16-5-2-4-15(12-16)20-13-19(25-26-20)14-8-10-27(11-9-14)22(28)21-17(23)6-3-7-18(21)24/h2-7,12,14,19-20,25-26H,8-11,13H2,1H3. The van der Waals surface area contributed by atoms with Crippen molar-refractivity contribution in [1.82, 2.24) is 15.8 Å². The van der Waals surface area contributed by atoms with E-state index in [2.05, 4.69) is 23.0 Å². The van der Waals surface area contributed by atoms with Gasteiger partial charge in [0.05, 0.1) is 17.7 Å². The van der Waals surface area contributed by atoms with E-state index in [1.807, 2.05) is 12.1 Å². The molecule has 0 aromatic heterocycles. The first kappa shape index (κ1) is 20.1. The van der Waals surface area contributed by atoms with Crippen molar-refractivity contribution in [2.24, 2.45) is 5.92 Å². The third-order valence-corrected chi connectivity index (χ3v) is 6.32. The fourth-order valence-corrected chi connectivity index (χ4v) is 4.58. The van der Waals surface area contributed by atoms with Crippen LogP contribution in [0.4, 0.5) is 4.39 Å². The average Bonchev–Trinajstić information content (AvgIpc) is 3.24. The molecular weight excluding hydrogens is 393 g/mol. The Bertz CT molecular complexity index is 866. The second-order valence-corrected chi connectivity index (χ2v) is 8.09. The number of piperidine rings is 1. The number of likely N-dealkylation sites (tertiary alicyclic amines) is 1. The minimum Gasteiger partial charge on any atom is -0.497 e. The number of methoxy groups -OCH3 is 1. The van der Waals surface area contributed by atoms with E-state index in [-0.39, 0.29) is 22.5 Å². The average molecular weight is 418 g/mol. The number of carbonyl (C=O) groups is 1. The van der Waals surface area contributed by atoms with Gasteiger partial charge >= 0.3 is 0 Å². The molecule has 4 rings (SSSR count). The second-order valence-electron chi connectivity index (χ2n) is 7.69. The molecule has 2 fully saturated rings. The van der Waals surface area contributed by atoms with Crippen molar-refractivity contribution in [2.45, 2.75) is 31.3 Å². The molecule has 5 nitrogen and oxygen atoms in total. The summed E-state index contributed by atoms with van der Waals surface area (Å²) < 4.78 is 19.4. The number of benzene rings is 2. The topological polar surface area (TPSA) is 53.6 Å². The molecule has 0 spiro atoms. The Morgan fingerprint density at radius 1 is 1.17 bits per heavy atom. The molecular formula is C22H25ClFN3O2. The van der Waals surface area contributed by atoms with Gasteiger partial charge in [-0.15, -0.1) is 0 Å². The Kier molecular flexibility index (Phi) is 6.04. The monoisotopic (exact) mass is 417 g/mol. The van der Waals surface area contributed by atoms with E-state index in [9.17, 15) is 9.18 Å². The predicted molar refractivity (Wildman–Crippen MR) is 110 cm³/mol. The highest BCUT2D eigenvalue weighted by atomic mass is 35.5. The molecule has 2 aliphatic rings. The largest absolute Gasteiger partial charge is 0.497 e. The molecule has 1 amide bonds. The van der Waals surface area contributed by atoms with Crippen LogP contribution in [0.25, 0.3) is 0 Å². The SMILES string of the molecule is COc1cccc(C2CC(C3CCN(C(=O)c4c(F)cccc4Cl)CC3)NN2)c1. The maximum absolute atomic E-state index is 14.1. The second kappa shape index (κ2) is 8.69. The van der Waals surface area contributed by atoms with Crippen molar-refractivity contribution < 1.29 is 13.9 Å². The smallest absolute Gasteiger partial charge is 0.258 e. The lowest BCUT2D eigenvalue weighted by Crippen LogP contribution is -2.44. The maximum atomic E-state index is 14.1. The summed E-state index contributed by atoms with van der Waals surface area (Å²) >= 11 is 6.06. The minimum atomic E-state index is -0.563. The molecule has 2 heterocycles. The molecule has 2 unspecified atom stereocenters. The Balaban J connectivity index is 1.35. The molecule has 29 heavy (non-hydrogen) atoms. The van der Waals surface area contributed by atoms with Crippen molar-refractivity contribution >= 4 is 17.5 Å². The predicted octanol–water partition coefficient (Wildman–Crippen LogP) is 3.95. The number of carbonyl (C=O) groups excluding carboxylic acids is 1. The van der Waals surface area contributed by atoms with Crippen LogP contribution in [0, 0.1) is 11.7 Å². The highest BCUT2D eigenvalue weighted by Crippen LogP contribution is 2.32. The minimum absolute atomic E-state index is 0.0219. The van der Waals surface area contributed by atoms with E-state index in [4.69, 9.17) is 16.3 Å². The van der Waals surface area contributed by atoms with Crippen LogP contribution in [0.1, 0.15) is 41.2 Å². The number of hydrogen-bond acceptors (Lipinski definition) is 4. The summed E-state index contributed by atoms with van der Waals surface area (Å²) in [6.07, 6.45) is 2.73. The first-order valence-electron chi connectivity index (χ1n) is 9.95. The third-order valence-electron chi connectivity index (χ3n) is 6.00. The maximum Gasteiger partial charge on any atom is 0.258 e. The summed E-state index contributed by atoms with van der Waals surface area (Å²) in [4.78, 5) is 14.4. The number of nitrogens with zero attached hydrogens (tertiary/aromatic N) is 1. The van der Waals surface area contributed by atoms with Crippen LogP contribution in [0.2, 0.25) is 5.02 Å². The van der Waals surface area contributed by atoms with Crippen LogP contribution >= 0.6 is 11.6 Å². The summed E-state index contributed by atoms with van der Waals surface area (Å²) in [6, 6.07) is 13.0. The van der Waals surface area contributed by atoms with Gasteiger partial charge in [0, 0.05) is 25.2 Å². The summed E-state index contributed by atoms with van der Waals surface area (Å²) in [5.74, 6) is 0.426. The first-order valence-corrected chi connectivity index (χ1v) is 10.3.